The first-order valence-corrected chi connectivity index (χ1v) is 8.43. The molecule has 0 aromatic heterocycles. The molecule has 2 aromatic rings. The zero-order valence-corrected chi connectivity index (χ0v) is 14.7. The molecule has 0 amide bonds. The van der Waals surface area contributed by atoms with Gasteiger partial charge >= 0.3 is 10.1 Å². The van der Waals surface area contributed by atoms with Gasteiger partial charge in [-0.3, -0.25) is 0 Å². The van der Waals surface area contributed by atoms with Gasteiger partial charge in [-0.2, -0.15) is 8.42 Å². The standard InChI is InChI=1S/C17H20O5S/c1-11-6-12(2)17(13(3)7-11)23(18,19)22-16-9-14(20-4)8-15(10-16)21-5/h6-10H,1-5H3. The van der Waals surface area contributed by atoms with E-state index in [0.29, 0.717) is 22.6 Å². The van der Waals surface area contributed by atoms with Gasteiger partial charge in [-0.15, -0.1) is 0 Å². The Balaban J connectivity index is 2.47. The summed E-state index contributed by atoms with van der Waals surface area (Å²) in [5.74, 6) is 1.04. The van der Waals surface area contributed by atoms with Crippen molar-refractivity contribution < 1.29 is 22.1 Å². The van der Waals surface area contributed by atoms with Crippen LogP contribution in [0.15, 0.2) is 35.2 Å². The van der Waals surface area contributed by atoms with E-state index in [9.17, 15) is 8.42 Å². The van der Waals surface area contributed by atoms with Crippen LogP contribution in [0.1, 0.15) is 16.7 Å². The number of hydrogen-bond acceptors (Lipinski definition) is 5. The molecule has 0 fully saturated rings. The van der Waals surface area contributed by atoms with Crippen LogP contribution in [0.4, 0.5) is 0 Å². The Morgan fingerprint density at radius 1 is 0.739 bits per heavy atom. The first-order chi connectivity index (χ1) is 10.8. The van der Waals surface area contributed by atoms with E-state index in [4.69, 9.17) is 13.7 Å². The summed E-state index contributed by atoms with van der Waals surface area (Å²) in [5.41, 5.74) is 2.30. The highest BCUT2D eigenvalue weighted by Crippen LogP contribution is 2.31. The molecule has 0 radical (unpaired) electrons. The van der Waals surface area contributed by atoms with Gasteiger partial charge < -0.3 is 13.7 Å². The fourth-order valence-electron chi connectivity index (χ4n) is 2.56. The minimum atomic E-state index is -3.95. The van der Waals surface area contributed by atoms with Crippen LogP contribution in [0.3, 0.4) is 0 Å². The van der Waals surface area contributed by atoms with Gasteiger partial charge in [0.25, 0.3) is 0 Å². The maximum atomic E-state index is 12.6. The Bertz CT molecular complexity index is 780. The minimum Gasteiger partial charge on any atom is -0.496 e. The first-order valence-electron chi connectivity index (χ1n) is 7.02. The third-order valence-electron chi connectivity index (χ3n) is 3.39. The van der Waals surface area contributed by atoms with Crippen molar-refractivity contribution in [1.29, 1.82) is 0 Å². The number of aryl methyl sites for hydroxylation is 3. The molecule has 2 aromatic carbocycles. The maximum Gasteiger partial charge on any atom is 0.339 e. The molecule has 6 heteroatoms. The third kappa shape index (κ3) is 3.76. The third-order valence-corrected chi connectivity index (χ3v) is 4.94. The monoisotopic (exact) mass is 336 g/mol. The molecule has 2 rings (SSSR count). The van der Waals surface area contributed by atoms with Gasteiger partial charge in [0.2, 0.25) is 0 Å². The molecule has 0 atom stereocenters. The zero-order chi connectivity index (χ0) is 17.2. The summed E-state index contributed by atoms with van der Waals surface area (Å²) in [4.78, 5) is 0.185. The molecule has 0 saturated carbocycles. The average molecular weight is 336 g/mol. The van der Waals surface area contributed by atoms with Crippen molar-refractivity contribution in [2.75, 3.05) is 14.2 Å². The van der Waals surface area contributed by atoms with Gasteiger partial charge in [0, 0.05) is 18.2 Å². The Kier molecular flexibility index (Phi) is 4.85. The molecule has 0 N–H and O–H groups in total. The number of benzene rings is 2. The molecule has 0 bridgehead atoms. The van der Waals surface area contributed by atoms with Crippen LogP contribution < -0.4 is 13.7 Å². The van der Waals surface area contributed by atoms with Crippen molar-refractivity contribution in [2.24, 2.45) is 0 Å². The van der Waals surface area contributed by atoms with E-state index < -0.39 is 10.1 Å². The molecule has 0 aliphatic carbocycles. The summed E-state index contributed by atoms with van der Waals surface area (Å²) < 4.78 is 40.8. The van der Waals surface area contributed by atoms with E-state index in [2.05, 4.69) is 0 Å². The lowest BCUT2D eigenvalue weighted by Crippen LogP contribution is -2.13. The van der Waals surface area contributed by atoms with Crippen LogP contribution in [0.25, 0.3) is 0 Å². The lowest BCUT2D eigenvalue weighted by Gasteiger charge is -2.14. The first kappa shape index (κ1) is 17.1. The molecular weight excluding hydrogens is 316 g/mol. The quantitative estimate of drug-likeness (QED) is 0.783. The molecule has 124 valence electrons. The fourth-order valence-corrected chi connectivity index (χ4v) is 3.90. The molecule has 23 heavy (non-hydrogen) atoms. The molecule has 0 saturated heterocycles. The maximum absolute atomic E-state index is 12.6. The zero-order valence-electron chi connectivity index (χ0n) is 13.8. The summed E-state index contributed by atoms with van der Waals surface area (Å²) >= 11 is 0. The topological polar surface area (TPSA) is 61.8 Å². The van der Waals surface area contributed by atoms with Crippen LogP contribution in [0.5, 0.6) is 17.2 Å². The number of rotatable bonds is 5. The molecule has 0 unspecified atom stereocenters. The summed E-state index contributed by atoms with van der Waals surface area (Å²) in [6.07, 6.45) is 0. The van der Waals surface area contributed by atoms with Crippen molar-refractivity contribution in [2.45, 2.75) is 25.7 Å². The van der Waals surface area contributed by atoms with Gasteiger partial charge in [-0.25, -0.2) is 0 Å². The lowest BCUT2D eigenvalue weighted by atomic mass is 10.1. The number of methoxy groups -OCH3 is 2. The molecule has 0 aliphatic rings. The van der Waals surface area contributed by atoms with E-state index in [0.717, 1.165) is 5.56 Å². The SMILES string of the molecule is COc1cc(OC)cc(OS(=O)(=O)c2c(C)cc(C)cc2C)c1. The molecule has 0 spiro atoms. The Hall–Kier alpha value is -2.21. The second-order valence-corrected chi connectivity index (χ2v) is 6.80. The highest BCUT2D eigenvalue weighted by Gasteiger charge is 2.23. The van der Waals surface area contributed by atoms with Crippen molar-refractivity contribution in [3.05, 3.63) is 47.0 Å². The van der Waals surface area contributed by atoms with Gasteiger partial charge in [0.05, 0.1) is 14.2 Å². The second-order valence-electron chi connectivity index (χ2n) is 5.31. The van der Waals surface area contributed by atoms with E-state index in [1.54, 1.807) is 19.9 Å². The Morgan fingerprint density at radius 3 is 1.61 bits per heavy atom. The van der Waals surface area contributed by atoms with Crippen LogP contribution >= 0.6 is 0 Å². The van der Waals surface area contributed by atoms with Crippen LogP contribution in [0, 0.1) is 20.8 Å². The number of ether oxygens (including phenoxy) is 2. The second kappa shape index (κ2) is 6.50. The molecule has 0 aliphatic heterocycles. The summed E-state index contributed by atoms with van der Waals surface area (Å²) in [5, 5.41) is 0. The van der Waals surface area contributed by atoms with Gasteiger partial charge in [-0.1, -0.05) is 17.7 Å². The van der Waals surface area contributed by atoms with Gasteiger partial charge in [0.1, 0.15) is 22.1 Å². The van der Waals surface area contributed by atoms with Gasteiger partial charge in [-0.05, 0) is 31.9 Å². The van der Waals surface area contributed by atoms with Gasteiger partial charge in [0.15, 0.2) is 0 Å². The van der Waals surface area contributed by atoms with Crippen LogP contribution in [0.2, 0.25) is 0 Å². The van der Waals surface area contributed by atoms with Crippen LogP contribution in [-0.4, -0.2) is 22.6 Å². The van der Waals surface area contributed by atoms with E-state index >= 15 is 0 Å². The van der Waals surface area contributed by atoms with Crippen molar-refractivity contribution in [3.8, 4) is 17.2 Å². The highest BCUT2D eigenvalue weighted by atomic mass is 32.2. The molecule has 0 heterocycles. The summed E-state index contributed by atoms with van der Waals surface area (Å²) in [6, 6.07) is 8.27. The highest BCUT2D eigenvalue weighted by molar-refractivity contribution is 7.87. The van der Waals surface area contributed by atoms with Crippen molar-refractivity contribution in [3.63, 3.8) is 0 Å². The lowest BCUT2D eigenvalue weighted by molar-refractivity contribution is 0.390. The Labute approximate surface area is 136 Å². The predicted molar refractivity (Wildman–Crippen MR) is 88.0 cm³/mol. The van der Waals surface area contributed by atoms with Crippen molar-refractivity contribution in [1.82, 2.24) is 0 Å². The minimum absolute atomic E-state index is 0.139. The average Bonchev–Trinajstić information content (AvgIpc) is 2.44. The smallest absolute Gasteiger partial charge is 0.339 e. The predicted octanol–water partition coefficient (Wildman–Crippen LogP) is 3.40. The summed E-state index contributed by atoms with van der Waals surface area (Å²) in [7, 11) is -0.978. The fraction of sp³-hybridized carbons (Fsp3) is 0.294. The van der Waals surface area contributed by atoms with Crippen LogP contribution in [-0.2, 0) is 10.1 Å². The van der Waals surface area contributed by atoms with E-state index in [-0.39, 0.29) is 10.6 Å². The normalized spacial score (nSPS) is 11.2. The summed E-state index contributed by atoms with van der Waals surface area (Å²) in [6.45, 7) is 5.43. The van der Waals surface area contributed by atoms with Crippen molar-refractivity contribution >= 4 is 10.1 Å². The molecule has 5 nitrogen and oxygen atoms in total. The van der Waals surface area contributed by atoms with E-state index in [1.807, 2.05) is 19.1 Å². The van der Waals surface area contributed by atoms with E-state index in [1.165, 1.54) is 26.4 Å². The Morgan fingerprint density at radius 2 is 1.17 bits per heavy atom. The molecular formula is C17H20O5S. The largest absolute Gasteiger partial charge is 0.496 e. The number of hydrogen-bond donors (Lipinski definition) is 0.